The van der Waals surface area contributed by atoms with Crippen LogP contribution < -0.4 is 15.8 Å². The summed E-state index contributed by atoms with van der Waals surface area (Å²) in [6.07, 6.45) is 5.97. The van der Waals surface area contributed by atoms with Gasteiger partial charge in [0.2, 0.25) is 11.8 Å². The molecule has 3 amide bonds. The van der Waals surface area contributed by atoms with Gasteiger partial charge in [0, 0.05) is 25.0 Å². The van der Waals surface area contributed by atoms with Gasteiger partial charge in [-0.25, -0.2) is 4.98 Å². The molecule has 0 unspecified atom stereocenters. The Bertz CT molecular complexity index is 915. The van der Waals surface area contributed by atoms with E-state index in [1.54, 1.807) is 17.2 Å². The molecule has 0 radical (unpaired) electrons. The van der Waals surface area contributed by atoms with Crippen LogP contribution in [0.25, 0.3) is 0 Å². The summed E-state index contributed by atoms with van der Waals surface area (Å²) in [7, 11) is 1.53. The third-order valence-corrected chi connectivity index (χ3v) is 4.91. The Kier molecular flexibility index (Phi) is 6.06. The SMILES string of the molecule is COc1ccc([C@@H]2CC[C@@H](C)CN2C(=O)C(=O)Nc2cncc(C(N)=O)c2)cn1. The smallest absolute Gasteiger partial charge is 0.313 e. The largest absolute Gasteiger partial charge is 0.481 e. The number of hydrogen-bond donors (Lipinski definition) is 2. The van der Waals surface area contributed by atoms with E-state index in [9.17, 15) is 14.4 Å². The van der Waals surface area contributed by atoms with Crippen LogP contribution in [0.1, 0.15) is 41.7 Å². The van der Waals surface area contributed by atoms with Crippen molar-refractivity contribution in [1.82, 2.24) is 14.9 Å². The molecule has 2 aromatic rings. The van der Waals surface area contributed by atoms with Crippen molar-refractivity contribution in [2.75, 3.05) is 19.0 Å². The summed E-state index contributed by atoms with van der Waals surface area (Å²) in [4.78, 5) is 46.4. The van der Waals surface area contributed by atoms with E-state index in [-0.39, 0.29) is 23.2 Å². The highest BCUT2D eigenvalue weighted by Gasteiger charge is 2.34. The van der Waals surface area contributed by atoms with Crippen LogP contribution in [0.3, 0.4) is 0 Å². The number of piperidine rings is 1. The number of nitrogens with two attached hydrogens (primary N) is 1. The van der Waals surface area contributed by atoms with Crippen LogP contribution in [-0.2, 0) is 9.59 Å². The number of likely N-dealkylation sites (tertiary alicyclic amines) is 1. The van der Waals surface area contributed by atoms with E-state index in [0.29, 0.717) is 12.4 Å². The summed E-state index contributed by atoms with van der Waals surface area (Å²) in [6, 6.07) is 4.71. The number of methoxy groups -OCH3 is 1. The molecular formula is C20H23N5O4. The van der Waals surface area contributed by atoms with Crippen molar-refractivity contribution < 1.29 is 19.1 Å². The fraction of sp³-hybridized carbons (Fsp3) is 0.350. The summed E-state index contributed by atoms with van der Waals surface area (Å²) in [5.74, 6) is -1.36. The van der Waals surface area contributed by atoms with Crippen molar-refractivity contribution in [1.29, 1.82) is 0 Å². The average Bonchev–Trinajstić information content (AvgIpc) is 2.73. The summed E-state index contributed by atoms with van der Waals surface area (Å²) in [5, 5.41) is 2.50. The first kappa shape index (κ1) is 20.2. The number of nitrogens with zero attached hydrogens (tertiary/aromatic N) is 3. The number of pyridine rings is 2. The first-order valence-corrected chi connectivity index (χ1v) is 9.25. The maximum absolute atomic E-state index is 12.9. The van der Waals surface area contributed by atoms with Crippen LogP contribution in [0.2, 0.25) is 0 Å². The van der Waals surface area contributed by atoms with Crippen LogP contribution in [0.5, 0.6) is 5.88 Å². The zero-order valence-electron chi connectivity index (χ0n) is 16.3. The average molecular weight is 397 g/mol. The lowest BCUT2D eigenvalue weighted by atomic mass is 9.90. The second-order valence-corrected chi connectivity index (χ2v) is 7.07. The zero-order chi connectivity index (χ0) is 21.0. The van der Waals surface area contributed by atoms with Gasteiger partial charge in [0.05, 0.1) is 30.6 Å². The fourth-order valence-corrected chi connectivity index (χ4v) is 3.39. The van der Waals surface area contributed by atoms with Crippen LogP contribution in [0, 0.1) is 5.92 Å². The van der Waals surface area contributed by atoms with Crippen molar-refractivity contribution in [2.24, 2.45) is 11.7 Å². The van der Waals surface area contributed by atoms with Crippen LogP contribution in [-0.4, -0.2) is 46.2 Å². The van der Waals surface area contributed by atoms with Gasteiger partial charge in [-0.3, -0.25) is 19.4 Å². The van der Waals surface area contributed by atoms with Crippen molar-refractivity contribution in [2.45, 2.75) is 25.8 Å². The molecule has 152 valence electrons. The molecule has 2 atom stereocenters. The molecule has 0 spiro atoms. The molecule has 1 aliphatic rings. The second-order valence-electron chi connectivity index (χ2n) is 7.07. The number of amides is 3. The number of nitrogens with one attached hydrogen (secondary N) is 1. The molecule has 1 saturated heterocycles. The third-order valence-electron chi connectivity index (χ3n) is 4.91. The summed E-state index contributed by atoms with van der Waals surface area (Å²) >= 11 is 0. The molecule has 3 heterocycles. The minimum absolute atomic E-state index is 0.143. The molecular weight excluding hydrogens is 374 g/mol. The third kappa shape index (κ3) is 4.68. The first-order chi connectivity index (χ1) is 13.9. The Balaban J connectivity index is 1.78. The number of aromatic nitrogens is 2. The monoisotopic (exact) mass is 397 g/mol. The fourth-order valence-electron chi connectivity index (χ4n) is 3.39. The maximum atomic E-state index is 12.9. The molecule has 3 rings (SSSR count). The molecule has 3 N–H and O–H groups in total. The van der Waals surface area contributed by atoms with Gasteiger partial charge in [-0.05, 0) is 30.4 Å². The van der Waals surface area contributed by atoms with Crippen molar-refractivity contribution >= 4 is 23.4 Å². The number of carbonyl (C=O) groups excluding carboxylic acids is 3. The quantitative estimate of drug-likeness (QED) is 0.753. The van der Waals surface area contributed by atoms with Crippen LogP contribution in [0.15, 0.2) is 36.8 Å². The Morgan fingerprint density at radius 2 is 2.00 bits per heavy atom. The van der Waals surface area contributed by atoms with Gasteiger partial charge in [-0.1, -0.05) is 13.0 Å². The highest BCUT2D eigenvalue weighted by atomic mass is 16.5. The van der Waals surface area contributed by atoms with Crippen molar-refractivity contribution in [3.05, 3.63) is 47.9 Å². The predicted molar refractivity (Wildman–Crippen MR) is 105 cm³/mol. The first-order valence-electron chi connectivity index (χ1n) is 9.25. The summed E-state index contributed by atoms with van der Waals surface area (Å²) < 4.78 is 5.08. The number of rotatable bonds is 4. The van der Waals surface area contributed by atoms with E-state index in [1.165, 1.54) is 25.6 Å². The van der Waals surface area contributed by atoms with E-state index >= 15 is 0 Å². The molecule has 1 aliphatic heterocycles. The van der Waals surface area contributed by atoms with Gasteiger partial charge in [-0.15, -0.1) is 0 Å². The molecule has 9 nitrogen and oxygen atoms in total. The normalized spacial score (nSPS) is 18.8. The van der Waals surface area contributed by atoms with Crippen LogP contribution >= 0.6 is 0 Å². The predicted octanol–water partition coefficient (Wildman–Crippen LogP) is 1.52. The molecule has 2 aromatic heterocycles. The molecule has 1 fully saturated rings. The Labute approximate surface area is 168 Å². The standard InChI is InChI=1S/C20H23N5O4/c1-12-3-5-16(13-4-6-17(29-2)23-9-13)25(11-12)20(28)19(27)24-15-7-14(18(21)26)8-22-10-15/h4,6-10,12,16H,3,5,11H2,1-2H3,(H2,21,26)(H,24,27)/t12-,16+/m1/s1. The molecule has 0 aromatic carbocycles. The molecule has 9 heteroatoms. The van der Waals surface area contributed by atoms with Gasteiger partial charge in [0.15, 0.2) is 0 Å². The number of ether oxygens (including phenoxy) is 1. The summed E-state index contributed by atoms with van der Waals surface area (Å²) in [5.41, 5.74) is 6.44. The topological polar surface area (TPSA) is 128 Å². The number of hydrogen-bond acceptors (Lipinski definition) is 6. The van der Waals surface area contributed by atoms with Crippen molar-refractivity contribution in [3.8, 4) is 5.88 Å². The highest BCUT2D eigenvalue weighted by molar-refractivity contribution is 6.39. The molecule has 0 saturated carbocycles. The number of carbonyl (C=O) groups is 3. The maximum Gasteiger partial charge on any atom is 0.313 e. The highest BCUT2D eigenvalue weighted by Crippen LogP contribution is 2.33. The van der Waals surface area contributed by atoms with Gasteiger partial charge >= 0.3 is 11.8 Å². The van der Waals surface area contributed by atoms with E-state index in [0.717, 1.165) is 18.4 Å². The lowest BCUT2D eigenvalue weighted by molar-refractivity contribution is -0.146. The number of primary amides is 1. The number of anilines is 1. The lowest BCUT2D eigenvalue weighted by Gasteiger charge is -2.38. The molecule has 29 heavy (non-hydrogen) atoms. The van der Waals surface area contributed by atoms with Crippen LogP contribution in [0.4, 0.5) is 5.69 Å². The van der Waals surface area contributed by atoms with Gasteiger partial charge in [-0.2, -0.15) is 0 Å². The van der Waals surface area contributed by atoms with Gasteiger partial charge < -0.3 is 20.7 Å². The Morgan fingerprint density at radius 3 is 2.66 bits per heavy atom. The second kappa shape index (κ2) is 8.68. The lowest BCUT2D eigenvalue weighted by Crippen LogP contribution is -2.46. The molecule has 0 bridgehead atoms. The Morgan fingerprint density at radius 1 is 1.21 bits per heavy atom. The van der Waals surface area contributed by atoms with E-state index in [2.05, 4.69) is 15.3 Å². The zero-order valence-corrected chi connectivity index (χ0v) is 16.3. The van der Waals surface area contributed by atoms with Gasteiger partial charge in [0.25, 0.3) is 0 Å². The van der Waals surface area contributed by atoms with E-state index < -0.39 is 17.7 Å². The minimum Gasteiger partial charge on any atom is -0.481 e. The Hall–Kier alpha value is -3.49. The van der Waals surface area contributed by atoms with E-state index in [4.69, 9.17) is 10.5 Å². The van der Waals surface area contributed by atoms with E-state index in [1.807, 2.05) is 13.0 Å². The minimum atomic E-state index is -0.797. The van der Waals surface area contributed by atoms with Gasteiger partial charge in [0.1, 0.15) is 0 Å². The molecule has 0 aliphatic carbocycles. The summed E-state index contributed by atoms with van der Waals surface area (Å²) in [6.45, 7) is 2.50. The van der Waals surface area contributed by atoms with Crippen molar-refractivity contribution in [3.63, 3.8) is 0 Å².